The lowest BCUT2D eigenvalue weighted by molar-refractivity contribution is 0.0600. The number of nitriles is 1. The number of allylic oxidation sites excluding steroid dienone is 1. The highest BCUT2D eigenvalue weighted by atomic mass is 32.1. The van der Waals surface area contributed by atoms with Gasteiger partial charge in [-0.3, -0.25) is 4.79 Å². The third kappa shape index (κ3) is 3.44. The molecule has 0 unspecified atom stereocenters. The van der Waals surface area contributed by atoms with Crippen LogP contribution in [0.2, 0.25) is 0 Å². The second-order valence-corrected chi connectivity index (χ2v) is 4.90. The second-order valence-electron chi connectivity index (χ2n) is 4.12. The zero-order chi connectivity index (χ0) is 15.2. The van der Waals surface area contributed by atoms with Crippen molar-refractivity contribution in [2.75, 3.05) is 7.11 Å². The molecule has 0 aliphatic rings. The topological polar surface area (TPSA) is 67.2 Å². The Bertz CT molecular complexity index is 722. The molecule has 5 heteroatoms. The lowest BCUT2D eigenvalue weighted by Gasteiger charge is -2.00. The van der Waals surface area contributed by atoms with Gasteiger partial charge in [-0.05, 0) is 35.2 Å². The minimum absolute atomic E-state index is 0.0548. The van der Waals surface area contributed by atoms with Gasteiger partial charge in [-0.15, -0.1) is 0 Å². The predicted octanol–water partition coefficient (Wildman–Crippen LogP) is 3.32. The fourth-order valence-electron chi connectivity index (χ4n) is 1.70. The Balaban J connectivity index is 2.27. The number of carbonyl (C=O) groups excluding carboxylic acids is 2. The van der Waals surface area contributed by atoms with Crippen molar-refractivity contribution in [3.05, 3.63) is 63.4 Å². The number of ether oxygens (including phenoxy) is 1. The molecule has 1 aromatic carbocycles. The fraction of sp³-hybridized carbons (Fsp3) is 0.0625. The molecule has 2 aromatic rings. The van der Waals surface area contributed by atoms with E-state index in [1.807, 2.05) is 6.07 Å². The van der Waals surface area contributed by atoms with E-state index in [1.165, 1.54) is 24.5 Å². The summed E-state index contributed by atoms with van der Waals surface area (Å²) in [6, 6.07) is 10.1. The Morgan fingerprint density at radius 1 is 1.19 bits per heavy atom. The molecule has 0 spiro atoms. The first-order valence-corrected chi connectivity index (χ1v) is 6.97. The van der Waals surface area contributed by atoms with Gasteiger partial charge >= 0.3 is 5.97 Å². The summed E-state index contributed by atoms with van der Waals surface area (Å²) in [6.07, 6.45) is 1.50. The van der Waals surface area contributed by atoms with E-state index in [9.17, 15) is 9.59 Å². The summed E-state index contributed by atoms with van der Waals surface area (Å²) in [6.45, 7) is 0. The van der Waals surface area contributed by atoms with Crippen LogP contribution in [0.3, 0.4) is 0 Å². The number of benzene rings is 1. The van der Waals surface area contributed by atoms with Crippen molar-refractivity contribution in [1.82, 2.24) is 0 Å². The van der Waals surface area contributed by atoms with Crippen LogP contribution in [-0.4, -0.2) is 18.9 Å². The standard InChI is InChI=1S/C16H11NO3S/c1-20-16(19)12-4-2-11(3-5-12)8-14(9-17)15(18)13-6-7-21-10-13/h2-8,10H,1H3/b14-8-. The maximum Gasteiger partial charge on any atom is 0.337 e. The normalized spacial score (nSPS) is 10.8. The van der Waals surface area contributed by atoms with Gasteiger partial charge in [0.25, 0.3) is 0 Å². The summed E-state index contributed by atoms with van der Waals surface area (Å²) < 4.78 is 4.61. The molecule has 104 valence electrons. The molecule has 1 aromatic heterocycles. The third-order valence-corrected chi connectivity index (χ3v) is 3.47. The smallest absolute Gasteiger partial charge is 0.337 e. The Hall–Kier alpha value is -2.71. The highest BCUT2D eigenvalue weighted by molar-refractivity contribution is 7.08. The van der Waals surface area contributed by atoms with Gasteiger partial charge in [0.2, 0.25) is 5.78 Å². The first-order chi connectivity index (χ1) is 10.2. The average Bonchev–Trinajstić information content (AvgIpc) is 3.06. The molecular formula is C16H11NO3S. The molecule has 0 N–H and O–H groups in total. The minimum Gasteiger partial charge on any atom is -0.465 e. The lowest BCUT2D eigenvalue weighted by Crippen LogP contribution is -2.01. The molecule has 0 saturated heterocycles. The summed E-state index contributed by atoms with van der Waals surface area (Å²) in [5.41, 5.74) is 1.64. The first-order valence-electron chi connectivity index (χ1n) is 6.03. The zero-order valence-electron chi connectivity index (χ0n) is 11.2. The van der Waals surface area contributed by atoms with Crippen LogP contribution in [-0.2, 0) is 4.74 Å². The van der Waals surface area contributed by atoms with E-state index in [4.69, 9.17) is 5.26 Å². The number of nitrogens with zero attached hydrogens (tertiary/aromatic N) is 1. The maximum absolute atomic E-state index is 12.1. The number of hydrogen-bond acceptors (Lipinski definition) is 5. The Kier molecular flexibility index (Phi) is 4.64. The second kappa shape index (κ2) is 6.64. The molecule has 0 aliphatic carbocycles. The van der Waals surface area contributed by atoms with Crippen molar-refractivity contribution in [3.63, 3.8) is 0 Å². The number of rotatable bonds is 4. The molecule has 0 bridgehead atoms. The van der Waals surface area contributed by atoms with Crippen LogP contribution in [0.5, 0.6) is 0 Å². The molecule has 4 nitrogen and oxygen atoms in total. The Morgan fingerprint density at radius 2 is 1.90 bits per heavy atom. The van der Waals surface area contributed by atoms with Gasteiger partial charge in [0, 0.05) is 10.9 Å². The van der Waals surface area contributed by atoms with Crippen molar-refractivity contribution in [1.29, 1.82) is 5.26 Å². The van der Waals surface area contributed by atoms with Crippen LogP contribution < -0.4 is 0 Å². The number of Topliss-reactive ketones (excluding diaryl/α,β-unsaturated/α-hetero) is 1. The summed E-state index contributed by atoms with van der Waals surface area (Å²) in [7, 11) is 1.31. The molecule has 0 atom stereocenters. The molecule has 0 radical (unpaired) electrons. The van der Waals surface area contributed by atoms with E-state index >= 15 is 0 Å². The van der Waals surface area contributed by atoms with Crippen molar-refractivity contribution in [2.24, 2.45) is 0 Å². The highest BCUT2D eigenvalue weighted by Gasteiger charge is 2.12. The Morgan fingerprint density at radius 3 is 2.43 bits per heavy atom. The lowest BCUT2D eigenvalue weighted by atomic mass is 10.0. The number of esters is 1. The number of hydrogen-bond donors (Lipinski definition) is 0. The number of ketones is 1. The van der Waals surface area contributed by atoms with E-state index < -0.39 is 5.97 Å². The fourth-order valence-corrected chi connectivity index (χ4v) is 2.33. The molecule has 0 aliphatic heterocycles. The van der Waals surface area contributed by atoms with Crippen molar-refractivity contribution >= 4 is 29.2 Å². The average molecular weight is 297 g/mol. The number of thiophene rings is 1. The predicted molar refractivity (Wildman–Crippen MR) is 80.0 cm³/mol. The summed E-state index contributed by atoms with van der Waals surface area (Å²) >= 11 is 1.40. The van der Waals surface area contributed by atoms with Crippen LogP contribution in [0.25, 0.3) is 6.08 Å². The Labute approximate surface area is 125 Å². The van der Waals surface area contributed by atoms with Crippen LogP contribution in [0.4, 0.5) is 0 Å². The van der Waals surface area contributed by atoms with E-state index in [-0.39, 0.29) is 11.4 Å². The molecule has 0 amide bonds. The van der Waals surface area contributed by atoms with Crippen LogP contribution in [0.15, 0.2) is 46.7 Å². The van der Waals surface area contributed by atoms with Gasteiger partial charge in [-0.2, -0.15) is 16.6 Å². The van der Waals surface area contributed by atoms with Crippen molar-refractivity contribution < 1.29 is 14.3 Å². The molecular weight excluding hydrogens is 286 g/mol. The highest BCUT2D eigenvalue weighted by Crippen LogP contribution is 2.15. The van der Waals surface area contributed by atoms with E-state index in [0.717, 1.165) is 0 Å². The number of carbonyl (C=O) groups is 2. The van der Waals surface area contributed by atoms with Gasteiger partial charge in [0.1, 0.15) is 11.6 Å². The maximum atomic E-state index is 12.1. The van der Waals surface area contributed by atoms with Gasteiger partial charge in [0.15, 0.2) is 0 Å². The van der Waals surface area contributed by atoms with Gasteiger partial charge in [-0.25, -0.2) is 4.79 Å². The number of methoxy groups -OCH3 is 1. The monoisotopic (exact) mass is 297 g/mol. The SMILES string of the molecule is COC(=O)c1ccc(/C=C(/C#N)C(=O)c2ccsc2)cc1. The van der Waals surface area contributed by atoms with Crippen LogP contribution in [0.1, 0.15) is 26.3 Å². The molecule has 0 saturated carbocycles. The largest absolute Gasteiger partial charge is 0.465 e. The zero-order valence-corrected chi connectivity index (χ0v) is 12.0. The molecule has 1 heterocycles. The van der Waals surface area contributed by atoms with Crippen molar-refractivity contribution in [2.45, 2.75) is 0 Å². The van der Waals surface area contributed by atoms with E-state index in [2.05, 4.69) is 4.74 Å². The first kappa shape index (κ1) is 14.7. The molecule has 0 fully saturated rings. The van der Waals surface area contributed by atoms with Crippen LogP contribution >= 0.6 is 11.3 Å². The van der Waals surface area contributed by atoms with E-state index in [0.29, 0.717) is 16.7 Å². The summed E-state index contributed by atoms with van der Waals surface area (Å²) in [5.74, 6) is -0.740. The third-order valence-electron chi connectivity index (χ3n) is 2.79. The van der Waals surface area contributed by atoms with Gasteiger partial charge in [0.05, 0.1) is 12.7 Å². The molecule has 2 rings (SSSR count). The van der Waals surface area contributed by atoms with E-state index in [1.54, 1.807) is 41.1 Å². The molecule has 21 heavy (non-hydrogen) atoms. The van der Waals surface area contributed by atoms with Gasteiger partial charge in [-0.1, -0.05) is 12.1 Å². The minimum atomic E-state index is -0.430. The summed E-state index contributed by atoms with van der Waals surface area (Å²) in [4.78, 5) is 23.4. The van der Waals surface area contributed by atoms with Crippen LogP contribution in [0, 0.1) is 11.3 Å². The van der Waals surface area contributed by atoms with Gasteiger partial charge < -0.3 is 4.74 Å². The quantitative estimate of drug-likeness (QED) is 0.376. The van der Waals surface area contributed by atoms with Crippen molar-refractivity contribution in [3.8, 4) is 6.07 Å². The summed E-state index contributed by atoms with van der Waals surface area (Å²) in [5, 5.41) is 12.6.